The van der Waals surface area contributed by atoms with E-state index in [1.54, 1.807) is 0 Å². The maximum atomic E-state index is 13.7. The van der Waals surface area contributed by atoms with Crippen LogP contribution in [0.15, 0.2) is 17.0 Å². The largest absolute Gasteiger partial charge is 0.349 e. The molecule has 0 bridgehead atoms. The van der Waals surface area contributed by atoms with Gasteiger partial charge in [0.15, 0.2) is 0 Å². The second kappa shape index (κ2) is 4.98. The molecule has 1 aliphatic rings. The third kappa shape index (κ3) is 3.05. The van der Waals surface area contributed by atoms with E-state index in [0.29, 0.717) is 12.1 Å². The number of carbonyl (C=O) groups excluding carboxylic acids is 1. The Labute approximate surface area is 117 Å². The Morgan fingerprint density at radius 3 is 2.50 bits per heavy atom. The number of nitro benzene ring substituents is 1. The predicted molar refractivity (Wildman–Crippen MR) is 66.6 cm³/mol. The Morgan fingerprint density at radius 2 is 2.05 bits per heavy atom. The van der Waals surface area contributed by atoms with Gasteiger partial charge >= 0.3 is 5.69 Å². The zero-order valence-corrected chi connectivity index (χ0v) is 11.4. The normalized spacial score (nSPS) is 14.9. The van der Waals surface area contributed by atoms with E-state index in [-0.39, 0.29) is 11.6 Å². The predicted octanol–water partition coefficient (Wildman–Crippen LogP) is 1.55. The molecule has 0 aromatic heterocycles. The number of carbonyl (C=O) groups is 1. The van der Waals surface area contributed by atoms with Gasteiger partial charge in [-0.05, 0) is 18.9 Å². The third-order valence-electron chi connectivity index (χ3n) is 2.65. The summed E-state index contributed by atoms with van der Waals surface area (Å²) in [4.78, 5) is 20.3. The van der Waals surface area contributed by atoms with Gasteiger partial charge in [0, 0.05) is 28.4 Å². The van der Waals surface area contributed by atoms with Gasteiger partial charge in [-0.2, -0.15) is 4.39 Å². The van der Waals surface area contributed by atoms with E-state index in [9.17, 15) is 27.7 Å². The molecule has 0 heterocycles. The lowest BCUT2D eigenvalue weighted by Crippen LogP contribution is -2.25. The molecule has 7 nitrogen and oxygen atoms in total. The van der Waals surface area contributed by atoms with Crippen molar-refractivity contribution in [1.82, 2.24) is 5.32 Å². The lowest BCUT2D eigenvalue weighted by Gasteiger charge is -2.06. The van der Waals surface area contributed by atoms with Gasteiger partial charge in [-0.15, -0.1) is 0 Å². The molecule has 1 aromatic rings. The van der Waals surface area contributed by atoms with E-state index in [4.69, 9.17) is 10.7 Å². The summed E-state index contributed by atoms with van der Waals surface area (Å²) in [6.07, 6.45) is 1.55. The Bertz CT molecular complexity index is 702. The number of halogens is 2. The zero-order chi connectivity index (χ0) is 15.1. The molecule has 20 heavy (non-hydrogen) atoms. The molecular formula is C10H8ClFN2O5S. The molecule has 1 fully saturated rings. The van der Waals surface area contributed by atoms with Gasteiger partial charge in [-0.25, -0.2) is 8.42 Å². The SMILES string of the molecule is O=C(NC1CC1)c1cc([N+](=O)[O-])c(F)c(S(=O)(=O)Cl)c1. The van der Waals surface area contributed by atoms with Crippen LogP contribution in [0.25, 0.3) is 0 Å². The van der Waals surface area contributed by atoms with E-state index < -0.39 is 36.3 Å². The van der Waals surface area contributed by atoms with Gasteiger partial charge in [0.25, 0.3) is 15.0 Å². The minimum absolute atomic E-state index is 0.0392. The maximum absolute atomic E-state index is 13.7. The average Bonchev–Trinajstić information content (AvgIpc) is 3.11. The monoisotopic (exact) mass is 322 g/mol. The number of hydrogen-bond acceptors (Lipinski definition) is 5. The Balaban J connectivity index is 2.55. The van der Waals surface area contributed by atoms with Crippen LogP contribution >= 0.6 is 10.7 Å². The third-order valence-corrected chi connectivity index (χ3v) is 3.98. The minimum atomic E-state index is -4.55. The second-order valence-electron chi connectivity index (χ2n) is 4.25. The summed E-state index contributed by atoms with van der Waals surface area (Å²) in [5.41, 5.74) is -1.45. The van der Waals surface area contributed by atoms with Gasteiger partial charge in [0.1, 0.15) is 4.90 Å². The van der Waals surface area contributed by atoms with E-state index in [1.165, 1.54) is 0 Å². The molecule has 2 rings (SSSR count). The molecule has 0 radical (unpaired) electrons. The smallest absolute Gasteiger partial charge is 0.307 e. The van der Waals surface area contributed by atoms with Crippen LogP contribution in [-0.4, -0.2) is 25.3 Å². The molecule has 0 unspecified atom stereocenters. The Morgan fingerprint density at radius 1 is 1.45 bits per heavy atom. The van der Waals surface area contributed by atoms with E-state index in [0.717, 1.165) is 12.8 Å². The van der Waals surface area contributed by atoms with Gasteiger partial charge in [-0.1, -0.05) is 0 Å². The molecule has 10 heteroatoms. The minimum Gasteiger partial charge on any atom is -0.349 e. The van der Waals surface area contributed by atoms with Crippen molar-refractivity contribution in [2.24, 2.45) is 0 Å². The van der Waals surface area contributed by atoms with Crippen LogP contribution in [0.1, 0.15) is 23.2 Å². The number of nitrogens with zero attached hydrogens (tertiary/aromatic N) is 1. The summed E-state index contributed by atoms with van der Waals surface area (Å²) in [6.45, 7) is 0. The first-order valence-electron chi connectivity index (χ1n) is 5.43. The highest BCUT2D eigenvalue weighted by atomic mass is 35.7. The standard InChI is InChI=1S/C10H8ClFN2O5S/c11-20(18,19)8-4-5(10(15)13-6-1-2-6)3-7(9(8)12)14(16)17/h3-4,6H,1-2H2,(H,13,15). The number of hydrogen-bond donors (Lipinski definition) is 1. The summed E-state index contributed by atoms with van der Waals surface area (Å²) >= 11 is 0. The van der Waals surface area contributed by atoms with Crippen molar-refractivity contribution in [3.8, 4) is 0 Å². The fourth-order valence-electron chi connectivity index (χ4n) is 1.52. The molecule has 1 amide bonds. The Kier molecular flexibility index (Phi) is 3.65. The number of nitrogens with one attached hydrogen (secondary N) is 1. The maximum Gasteiger partial charge on any atom is 0.307 e. The van der Waals surface area contributed by atoms with Crippen molar-refractivity contribution >= 4 is 31.3 Å². The van der Waals surface area contributed by atoms with Crippen molar-refractivity contribution in [2.75, 3.05) is 0 Å². The molecule has 1 aromatic carbocycles. The molecule has 1 aliphatic carbocycles. The summed E-state index contributed by atoms with van der Waals surface area (Å²) in [5.74, 6) is -2.30. The van der Waals surface area contributed by atoms with Crippen LogP contribution in [0.5, 0.6) is 0 Å². The lowest BCUT2D eigenvalue weighted by molar-refractivity contribution is -0.387. The molecule has 108 valence electrons. The zero-order valence-electron chi connectivity index (χ0n) is 9.80. The average molecular weight is 323 g/mol. The van der Waals surface area contributed by atoms with Crippen LogP contribution in [-0.2, 0) is 9.05 Å². The van der Waals surface area contributed by atoms with Crippen LogP contribution in [0.3, 0.4) is 0 Å². The first-order chi connectivity index (χ1) is 9.20. The molecule has 0 atom stereocenters. The highest BCUT2D eigenvalue weighted by molar-refractivity contribution is 8.13. The summed E-state index contributed by atoms with van der Waals surface area (Å²) in [6, 6.07) is 1.32. The lowest BCUT2D eigenvalue weighted by atomic mass is 10.2. The summed E-state index contributed by atoms with van der Waals surface area (Å²) < 4.78 is 36.1. The number of amides is 1. The fourth-order valence-corrected chi connectivity index (χ4v) is 2.44. The van der Waals surface area contributed by atoms with E-state index in [2.05, 4.69) is 5.32 Å². The fraction of sp³-hybridized carbons (Fsp3) is 0.300. The second-order valence-corrected chi connectivity index (χ2v) is 6.78. The van der Waals surface area contributed by atoms with Crippen molar-refractivity contribution in [3.05, 3.63) is 33.6 Å². The van der Waals surface area contributed by atoms with Crippen LogP contribution in [0, 0.1) is 15.9 Å². The molecule has 0 saturated heterocycles. The van der Waals surface area contributed by atoms with E-state index >= 15 is 0 Å². The van der Waals surface area contributed by atoms with Gasteiger partial charge in [-0.3, -0.25) is 14.9 Å². The number of rotatable bonds is 4. The highest BCUT2D eigenvalue weighted by Gasteiger charge is 2.30. The summed E-state index contributed by atoms with van der Waals surface area (Å²) in [7, 11) is 0.468. The topological polar surface area (TPSA) is 106 Å². The molecule has 1 N–H and O–H groups in total. The van der Waals surface area contributed by atoms with Crippen molar-refractivity contribution in [1.29, 1.82) is 0 Å². The first-order valence-corrected chi connectivity index (χ1v) is 7.74. The number of benzene rings is 1. The van der Waals surface area contributed by atoms with Gasteiger partial charge in [0.05, 0.1) is 4.92 Å². The number of nitro groups is 1. The van der Waals surface area contributed by atoms with Crippen molar-refractivity contribution in [2.45, 2.75) is 23.8 Å². The van der Waals surface area contributed by atoms with E-state index in [1.807, 2.05) is 0 Å². The molecular weight excluding hydrogens is 315 g/mol. The molecule has 1 saturated carbocycles. The Hall–Kier alpha value is -1.74. The van der Waals surface area contributed by atoms with Crippen LogP contribution in [0.2, 0.25) is 0 Å². The molecule has 0 aliphatic heterocycles. The van der Waals surface area contributed by atoms with Gasteiger partial charge < -0.3 is 5.32 Å². The van der Waals surface area contributed by atoms with Crippen LogP contribution in [0.4, 0.5) is 10.1 Å². The quantitative estimate of drug-likeness (QED) is 0.514. The summed E-state index contributed by atoms with van der Waals surface area (Å²) in [5, 5.41) is 13.2. The van der Waals surface area contributed by atoms with Gasteiger partial charge in [0.2, 0.25) is 5.82 Å². The highest BCUT2D eigenvalue weighted by Crippen LogP contribution is 2.29. The first kappa shape index (κ1) is 14.7. The van der Waals surface area contributed by atoms with Crippen LogP contribution < -0.4 is 5.32 Å². The molecule has 0 spiro atoms. The van der Waals surface area contributed by atoms with Crippen molar-refractivity contribution in [3.63, 3.8) is 0 Å². The van der Waals surface area contributed by atoms with Crippen molar-refractivity contribution < 1.29 is 22.5 Å².